The minimum Gasteiger partial charge on any atom is -0.319 e. The molecule has 0 aliphatic heterocycles. The van der Waals surface area contributed by atoms with E-state index >= 15 is 0 Å². The lowest BCUT2D eigenvalue weighted by Gasteiger charge is -2.09. The molecule has 0 bridgehead atoms. The SMILES string of the molecule is O=C(CC(=O)c1ccccc1)C(=O)Nc1cccc(C(F)(F)F)c1. The van der Waals surface area contributed by atoms with Crippen molar-refractivity contribution in [3.05, 3.63) is 65.7 Å². The molecular weight excluding hydrogens is 323 g/mol. The number of carbonyl (C=O) groups excluding carboxylic acids is 3. The Morgan fingerprint density at radius 2 is 1.58 bits per heavy atom. The van der Waals surface area contributed by atoms with Crippen molar-refractivity contribution >= 4 is 23.2 Å². The molecular formula is C17H12F3NO3. The average Bonchev–Trinajstić information content (AvgIpc) is 2.55. The summed E-state index contributed by atoms with van der Waals surface area (Å²) in [6.07, 6.45) is -5.22. The van der Waals surface area contributed by atoms with Gasteiger partial charge in [-0.3, -0.25) is 14.4 Å². The molecule has 1 amide bonds. The van der Waals surface area contributed by atoms with Gasteiger partial charge in [-0.1, -0.05) is 36.4 Å². The molecule has 24 heavy (non-hydrogen) atoms. The number of halogens is 3. The summed E-state index contributed by atoms with van der Waals surface area (Å²) in [5.41, 5.74) is -0.846. The molecule has 0 aliphatic carbocycles. The predicted molar refractivity (Wildman–Crippen MR) is 80.5 cm³/mol. The van der Waals surface area contributed by atoms with Crippen LogP contribution in [0.3, 0.4) is 0 Å². The maximum atomic E-state index is 12.6. The average molecular weight is 335 g/mol. The van der Waals surface area contributed by atoms with E-state index in [1.807, 2.05) is 0 Å². The molecule has 2 rings (SSSR count). The third-order valence-electron chi connectivity index (χ3n) is 3.12. The van der Waals surface area contributed by atoms with Gasteiger partial charge in [0.05, 0.1) is 12.0 Å². The zero-order valence-corrected chi connectivity index (χ0v) is 12.3. The zero-order chi connectivity index (χ0) is 17.7. The Morgan fingerprint density at radius 1 is 0.917 bits per heavy atom. The van der Waals surface area contributed by atoms with Crippen LogP contribution in [0.2, 0.25) is 0 Å². The number of Topliss-reactive ketones (excluding diaryl/α,β-unsaturated/α-hetero) is 2. The van der Waals surface area contributed by atoms with Gasteiger partial charge in [0.1, 0.15) is 0 Å². The number of nitrogens with one attached hydrogen (secondary N) is 1. The zero-order valence-electron chi connectivity index (χ0n) is 12.3. The van der Waals surface area contributed by atoms with Gasteiger partial charge in [-0.2, -0.15) is 13.2 Å². The highest BCUT2D eigenvalue weighted by Gasteiger charge is 2.30. The lowest BCUT2D eigenvalue weighted by molar-refractivity contribution is -0.137. The fraction of sp³-hybridized carbons (Fsp3) is 0.118. The number of benzene rings is 2. The summed E-state index contributed by atoms with van der Waals surface area (Å²) in [6.45, 7) is 0. The molecule has 2 aromatic carbocycles. The second-order valence-electron chi connectivity index (χ2n) is 4.92. The van der Waals surface area contributed by atoms with Crippen LogP contribution in [0.25, 0.3) is 0 Å². The highest BCUT2D eigenvalue weighted by Crippen LogP contribution is 2.30. The molecule has 0 heterocycles. The first-order chi connectivity index (χ1) is 11.3. The fourth-order valence-electron chi connectivity index (χ4n) is 1.93. The van der Waals surface area contributed by atoms with Gasteiger partial charge in [0, 0.05) is 11.3 Å². The van der Waals surface area contributed by atoms with Gasteiger partial charge in [-0.25, -0.2) is 0 Å². The van der Waals surface area contributed by atoms with Crippen LogP contribution in [-0.2, 0) is 15.8 Å². The normalized spacial score (nSPS) is 11.0. The molecule has 7 heteroatoms. The number of anilines is 1. The Balaban J connectivity index is 2.02. The number of alkyl halides is 3. The highest BCUT2D eigenvalue weighted by atomic mass is 19.4. The second kappa shape index (κ2) is 7.08. The van der Waals surface area contributed by atoms with Crippen LogP contribution in [0.5, 0.6) is 0 Å². The number of hydrogen-bond acceptors (Lipinski definition) is 3. The summed E-state index contributed by atoms with van der Waals surface area (Å²) >= 11 is 0. The number of hydrogen-bond donors (Lipinski definition) is 1. The standard InChI is InChI=1S/C17H12F3NO3/c18-17(19,20)12-7-4-8-13(9-12)21-16(24)15(23)10-14(22)11-5-2-1-3-6-11/h1-9H,10H2,(H,21,24). The van der Waals surface area contributed by atoms with Crippen molar-refractivity contribution in [2.75, 3.05) is 5.32 Å². The maximum Gasteiger partial charge on any atom is 0.416 e. The Bertz CT molecular complexity index is 770. The Morgan fingerprint density at radius 3 is 2.21 bits per heavy atom. The van der Waals surface area contributed by atoms with Crippen molar-refractivity contribution in [1.29, 1.82) is 0 Å². The van der Waals surface area contributed by atoms with E-state index in [9.17, 15) is 27.6 Å². The van der Waals surface area contributed by atoms with Crippen LogP contribution in [0.1, 0.15) is 22.3 Å². The Kier molecular flexibility index (Phi) is 5.13. The third-order valence-corrected chi connectivity index (χ3v) is 3.12. The molecule has 0 aliphatic rings. The molecule has 2 aromatic rings. The van der Waals surface area contributed by atoms with E-state index in [1.165, 1.54) is 18.2 Å². The minimum atomic E-state index is -4.56. The molecule has 0 saturated heterocycles. The molecule has 0 atom stereocenters. The van der Waals surface area contributed by atoms with Crippen LogP contribution in [0, 0.1) is 0 Å². The van der Waals surface area contributed by atoms with Crippen molar-refractivity contribution in [3.8, 4) is 0 Å². The summed E-state index contributed by atoms with van der Waals surface area (Å²) in [4.78, 5) is 35.4. The molecule has 0 spiro atoms. The Hall–Kier alpha value is -2.96. The number of carbonyl (C=O) groups is 3. The summed E-state index contributed by atoms with van der Waals surface area (Å²) in [5.74, 6) is -2.71. The molecule has 0 fully saturated rings. The van der Waals surface area contributed by atoms with Gasteiger partial charge in [-0.05, 0) is 18.2 Å². The number of amides is 1. The Labute approximate surface area is 135 Å². The smallest absolute Gasteiger partial charge is 0.319 e. The topological polar surface area (TPSA) is 63.2 Å². The van der Waals surface area contributed by atoms with Gasteiger partial charge >= 0.3 is 6.18 Å². The van der Waals surface area contributed by atoms with Crippen LogP contribution in [0.4, 0.5) is 18.9 Å². The molecule has 0 saturated carbocycles. The predicted octanol–water partition coefficient (Wildman–Crippen LogP) is 3.49. The first-order valence-electron chi connectivity index (χ1n) is 6.87. The van der Waals surface area contributed by atoms with E-state index < -0.39 is 35.6 Å². The van der Waals surface area contributed by atoms with E-state index in [0.717, 1.165) is 12.1 Å². The second-order valence-corrected chi connectivity index (χ2v) is 4.92. The summed E-state index contributed by atoms with van der Waals surface area (Å²) in [6, 6.07) is 11.8. The molecule has 0 unspecified atom stereocenters. The van der Waals surface area contributed by atoms with E-state index in [0.29, 0.717) is 6.07 Å². The largest absolute Gasteiger partial charge is 0.416 e. The van der Waals surface area contributed by atoms with Crippen LogP contribution >= 0.6 is 0 Å². The maximum absolute atomic E-state index is 12.6. The lowest BCUT2D eigenvalue weighted by Crippen LogP contribution is -2.25. The van der Waals surface area contributed by atoms with E-state index in [4.69, 9.17) is 0 Å². The lowest BCUT2D eigenvalue weighted by atomic mass is 10.1. The van der Waals surface area contributed by atoms with Gasteiger partial charge in [0.2, 0.25) is 5.78 Å². The first kappa shape index (κ1) is 17.4. The number of rotatable bonds is 5. The van der Waals surface area contributed by atoms with Crippen molar-refractivity contribution in [3.63, 3.8) is 0 Å². The molecule has 0 aromatic heterocycles. The van der Waals surface area contributed by atoms with Crippen molar-refractivity contribution < 1.29 is 27.6 Å². The quantitative estimate of drug-likeness (QED) is 0.517. The van der Waals surface area contributed by atoms with Gasteiger partial charge < -0.3 is 5.32 Å². The fourth-order valence-corrected chi connectivity index (χ4v) is 1.93. The van der Waals surface area contributed by atoms with E-state index in [2.05, 4.69) is 5.32 Å². The van der Waals surface area contributed by atoms with E-state index in [1.54, 1.807) is 18.2 Å². The first-order valence-corrected chi connectivity index (χ1v) is 6.87. The summed E-state index contributed by atoms with van der Waals surface area (Å²) < 4.78 is 37.8. The molecule has 1 N–H and O–H groups in total. The summed E-state index contributed by atoms with van der Waals surface area (Å²) in [5, 5.41) is 2.07. The highest BCUT2D eigenvalue weighted by molar-refractivity contribution is 6.44. The number of ketones is 2. The van der Waals surface area contributed by atoms with Crippen molar-refractivity contribution in [2.24, 2.45) is 0 Å². The minimum absolute atomic E-state index is 0.171. The third kappa shape index (κ3) is 4.52. The van der Waals surface area contributed by atoms with Crippen LogP contribution < -0.4 is 5.32 Å². The molecule has 4 nitrogen and oxygen atoms in total. The van der Waals surface area contributed by atoms with Gasteiger partial charge in [0.15, 0.2) is 5.78 Å². The molecule has 0 radical (unpaired) electrons. The van der Waals surface area contributed by atoms with Crippen molar-refractivity contribution in [1.82, 2.24) is 0 Å². The van der Waals surface area contributed by atoms with Crippen LogP contribution in [-0.4, -0.2) is 17.5 Å². The van der Waals surface area contributed by atoms with Crippen molar-refractivity contribution in [2.45, 2.75) is 12.6 Å². The molecule has 124 valence electrons. The van der Waals surface area contributed by atoms with Gasteiger partial charge in [0.25, 0.3) is 5.91 Å². The van der Waals surface area contributed by atoms with Gasteiger partial charge in [-0.15, -0.1) is 0 Å². The van der Waals surface area contributed by atoms with Crippen LogP contribution in [0.15, 0.2) is 54.6 Å². The van der Waals surface area contributed by atoms with E-state index in [-0.39, 0.29) is 11.3 Å². The summed E-state index contributed by atoms with van der Waals surface area (Å²) in [7, 11) is 0. The monoisotopic (exact) mass is 335 g/mol.